The van der Waals surface area contributed by atoms with Crippen LogP contribution in [-0.2, 0) is 4.79 Å². The van der Waals surface area contributed by atoms with E-state index in [0.29, 0.717) is 12.8 Å². The summed E-state index contributed by atoms with van der Waals surface area (Å²) in [6.45, 7) is 1.71. The quantitative estimate of drug-likeness (QED) is 0.486. The van der Waals surface area contributed by atoms with E-state index >= 15 is 0 Å². The molecule has 0 bridgehead atoms. The minimum Gasteiger partial charge on any atom is -0.481 e. The molecule has 2 nitrogen and oxygen atoms in total. The number of hydrogen-bond donors (Lipinski definition) is 1. The van der Waals surface area contributed by atoms with Gasteiger partial charge in [0.15, 0.2) is 0 Å². The molecule has 0 saturated heterocycles. The molecule has 0 atom stereocenters. The highest BCUT2D eigenvalue weighted by Gasteiger charge is 1.92. The van der Waals surface area contributed by atoms with E-state index in [1.165, 1.54) is 0 Å². The minimum atomic E-state index is -0.770. The highest BCUT2D eigenvalue weighted by molar-refractivity contribution is 5.66. The zero-order chi connectivity index (χ0) is 8.53. The van der Waals surface area contributed by atoms with Crippen molar-refractivity contribution in [3.8, 4) is 23.7 Å². The van der Waals surface area contributed by atoms with Crippen LogP contribution in [0, 0.1) is 23.7 Å². The summed E-state index contributed by atoms with van der Waals surface area (Å²) in [5, 5.41) is 8.24. The Morgan fingerprint density at radius 2 is 2.18 bits per heavy atom. The summed E-state index contributed by atoms with van der Waals surface area (Å²) in [6.07, 6.45) is 1.41. The normalized spacial score (nSPS) is 7.00. The number of rotatable bonds is 3. The van der Waals surface area contributed by atoms with Gasteiger partial charge in [0.05, 0.1) is 0 Å². The first-order valence-electron chi connectivity index (χ1n) is 3.38. The van der Waals surface area contributed by atoms with Crippen molar-refractivity contribution in [1.29, 1.82) is 0 Å². The summed E-state index contributed by atoms with van der Waals surface area (Å²) in [5.74, 6) is 9.79. The van der Waals surface area contributed by atoms with E-state index in [1.54, 1.807) is 6.92 Å². The average molecular weight is 150 g/mol. The molecule has 0 heterocycles. The van der Waals surface area contributed by atoms with Gasteiger partial charge in [-0.3, -0.25) is 4.79 Å². The molecule has 2 heteroatoms. The molecule has 0 unspecified atom stereocenters. The summed E-state index contributed by atoms with van der Waals surface area (Å²) in [7, 11) is 0. The first kappa shape index (κ1) is 9.59. The highest BCUT2D eigenvalue weighted by atomic mass is 16.4. The molecule has 11 heavy (non-hydrogen) atoms. The van der Waals surface area contributed by atoms with Gasteiger partial charge in [0.25, 0.3) is 0 Å². The summed E-state index contributed by atoms with van der Waals surface area (Å²) in [6, 6.07) is 0. The summed E-state index contributed by atoms with van der Waals surface area (Å²) in [5.41, 5.74) is 0. The average Bonchev–Trinajstić information content (AvgIpc) is 1.96. The van der Waals surface area contributed by atoms with Crippen molar-refractivity contribution >= 4 is 5.97 Å². The van der Waals surface area contributed by atoms with Crippen LogP contribution in [0.15, 0.2) is 0 Å². The van der Waals surface area contributed by atoms with Gasteiger partial charge in [-0.1, -0.05) is 11.8 Å². The lowest BCUT2D eigenvalue weighted by molar-refractivity contribution is -0.137. The Hall–Kier alpha value is -1.41. The zero-order valence-corrected chi connectivity index (χ0v) is 6.48. The number of aliphatic carboxylic acids is 1. The molecule has 0 spiro atoms. The summed E-state index contributed by atoms with van der Waals surface area (Å²) in [4.78, 5) is 10.0. The van der Waals surface area contributed by atoms with E-state index in [1.807, 2.05) is 0 Å². The molecule has 1 N–H and O–H groups in total. The first-order chi connectivity index (χ1) is 5.27. The second-order valence-corrected chi connectivity index (χ2v) is 1.92. The molecular formula is C9H10O2. The molecule has 0 aromatic rings. The van der Waals surface area contributed by atoms with E-state index < -0.39 is 5.97 Å². The van der Waals surface area contributed by atoms with E-state index in [0.717, 1.165) is 0 Å². The molecular weight excluding hydrogens is 140 g/mol. The van der Waals surface area contributed by atoms with E-state index in [-0.39, 0.29) is 6.42 Å². The van der Waals surface area contributed by atoms with Gasteiger partial charge in [-0.25, -0.2) is 0 Å². The molecule has 58 valence electrons. The lowest BCUT2D eigenvalue weighted by Gasteiger charge is -1.86. The predicted octanol–water partition coefficient (Wildman–Crippen LogP) is 1.27. The van der Waals surface area contributed by atoms with Gasteiger partial charge in [-0.15, -0.1) is 0 Å². The maximum absolute atomic E-state index is 10.0. The molecule has 0 aliphatic heterocycles. The third-order valence-electron chi connectivity index (χ3n) is 0.968. The molecule has 0 rings (SSSR count). The Balaban J connectivity index is 3.34. The smallest absolute Gasteiger partial charge is 0.303 e. The summed E-state index contributed by atoms with van der Waals surface area (Å²) >= 11 is 0. The van der Waals surface area contributed by atoms with E-state index in [4.69, 9.17) is 5.11 Å². The number of unbranched alkanes of at least 4 members (excludes halogenated alkanes) is 1. The third-order valence-corrected chi connectivity index (χ3v) is 0.968. The van der Waals surface area contributed by atoms with Crippen LogP contribution >= 0.6 is 0 Å². The Labute approximate surface area is 66.6 Å². The molecule has 0 aromatic carbocycles. The topological polar surface area (TPSA) is 37.3 Å². The van der Waals surface area contributed by atoms with E-state index in [9.17, 15) is 4.79 Å². The molecule has 0 radical (unpaired) electrons. The lowest BCUT2D eigenvalue weighted by Crippen LogP contribution is -1.92. The molecule has 0 aliphatic carbocycles. The van der Waals surface area contributed by atoms with Crippen LogP contribution in [0.1, 0.15) is 26.2 Å². The fourth-order valence-corrected chi connectivity index (χ4v) is 0.497. The predicted molar refractivity (Wildman–Crippen MR) is 42.7 cm³/mol. The number of hydrogen-bond acceptors (Lipinski definition) is 1. The SMILES string of the molecule is CC#CC#CCCCC(=O)O. The number of carboxylic acids is 1. The first-order valence-corrected chi connectivity index (χ1v) is 3.38. The highest BCUT2D eigenvalue weighted by Crippen LogP contribution is 1.92. The van der Waals surface area contributed by atoms with Crippen molar-refractivity contribution in [2.24, 2.45) is 0 Å². The van der Waals surface area contributed by atoms with Crippen LogP contribution in [0.5, 0.6) is 0 Å². The zero-order valence-electron chi connectivity index (χ0n) is 6.48. The molecule has 0 aromatic heterocycles. The Kier molecular flexibility index (Phi) is 5.85. The Bertz CT molecular complexity index is 232. The maximum atomic E-state index is 10.0. The second kappa shape index (κ2) is 6.71. The number of carboxylic acid groups (broad SMARTS) is 1. The van der Waals surface area contributed by atoms with Crippen LogP contribution in [-0.4, -0.2) is 11.1 Å². The Morgan fingerprint density at radius 3 is 2.73 bits per heavy atom. The third kappa shape index (κ3) is 8.59. The second-order valence-electron chi connectivity index (χ2n) is 1.92. The monoisotopic (exact) mass is 150 g/mol. The van der Waals surface area contributed by atoms with Crippen molar-refractivity contribution in [3.63, 3.8) is 0 Å². The van der Waals surface area contributed by atoms with Gasteiger partial charge < -0.3 is 5.11 Å². The van der Waals surface area contributed by atoms with Gasteiger partial charge in [0, 0.05) is 12.8 Å². The van der Waals surface area contributed by atoms with Crippen molar-refractivity contribution in [2.75, 3.05) is 0 Å². The largest absolute Gasteiger partial charge is 0.481 e. The fourth-order valence-electron chi connectivity index (χ4n) is 0.497. The Morgan fingerprint density at radius 1 is 1.45 bits per heavy atom. The van der Waals surface area contributed by atoms with Gasteiger partial charge in [0.1, 0.15) is 0 Å². The molecule has 0 saturated carbocycles. The number of carbonyl (C=O) groups is 1. The van der Waals surface area contributed by atoms with Gasteiger partial charge in [-0.2, -0.15) is 0 Å². The van der Waals surface area contributed by atoms with Gasteiger partial charge in [0.2, 0.25) is 0 Å². The summed E-state index contributed by atoms with van der Waals surface area (Å²) < 4.78 is 0. The van der Waals surface area contributed by atoms with Crippen molar-refractivity contribution in [3.05, 3.63) is 0 Å². The van der Waals surface area contributed by atoms with Crippen LogP contribution in [0.25, 0.3) is 0 Å². The molecule has 0 aliphatic rings. The van der Waals surface area contributed by atoms with Gasteiger partial charge in [-0.05, 0) is 25.2 Å². The van der Waals surface area contributed by atoms with Crippen molar-refractivity contribution in [1.82, 2.24) is 0 Å². The van der Waals surface area contributed by atoms with Crippen molar-refractivity contribution in [2.45, 2.75) is 26.2 Å². The van der Waals surface area contributed by atoms with Crippen LogP contribution in [0.2, 0.25) is 0 Å². The van der Waals surface area contributed by atoms with Crippen molar-refractivity contribution < 1.29 is 9.90 Å². The van der Waals surface area contributed by atoms with Crippen LogP contribution in [0.3, 0.4) is 0 Å². The lowest BCUT2D eigenvalue weighted by atomic mass is 10.2. The van der Waals surface area contributed by atoms with Crippen LogP contribution in [0.4, 0.5) is 0 Å². The molecule has 0 amide bonds. The minimum absolute atomic E-state index is 0.189. The maximum Gasteiger partial charge on any atom is 0.303 e. The molecule has 0 fully saturated rings. The fraction of sp³-hybridized carbons (Fsp3) is 0.444. The van der Waals surface area contributed by atoms with Gasteiger partial charge >= 0.3 is 5.97 Å². The standard InChI is InChI=1S/C9H10O2/c1-2-3-4-5-6-7-8-9(10)11/h6-8H2,1H3,(H,10,11). The van der Waals surface area contributed by atoms with Crippen LogP contribution < -0.4 is 0 Å². The van der Waals surface area contributed by atoms with E-state index in [2.05, 4.69) is 23.7 Å².